The number of ether oxygens (including phenoxy) is 5. The number of carbonyl (C=O) groups excluding carboxylic acids is 2. The first-order valence-corrected chi connectivity index (χ1v) is 10.1. The lowest BCUT2D eigenvalue weighted by molar-refractivity contribution is -0.138. The molecule has 0 aromatic heterocycles. The molecular weight excluding hydrogens is 412 g/mol. The minimum atomic E-state index is -0.473. The van der Waals surface area contributed by atoms with E-state index >= 15 is 0 Å². The van der Waals surface area contributed by atoms with Gasteiger partial charge in [0.1, 0.15) is 0 Å². The Morgan fingerprint density at radius 1 is 0.938 bits per heavy atom. The summed E-state index contributed by atoms with van der Waals surface area (Å²) in [5.41, 5.74) is 1.79. The third-order valence-corrected chi connectivity index (χ3v) is 4.25. The highest BCUT2D eigenvalue weighted by Crippen LogP contribution is 2.29. The van der Waals surface area contributed by atoms with Crippen molar-refractivity contribution in [3.05, 3.63) is 66.3 Å². The molecule has 0 aliphatic rings. The van der Waals surface area contributed by atoms with Crippen LogP contribution in [0.25, 0.3) is 6.08 Å². The SMILES string of the molecule is C=CCc1ccc(OCCCOC(=O)/C=C/c2ccc(OC(C)=O)c(OC)c2)c(OC)c1. The van der Waals surface area contributed by atoms with Crippen LogP contribution < -0.4 is 18.9 Å². The average molecular weight is 440 g/mol. The van der Waals surface area contributed by atoms with Crippen molar-refractivity contribution >= 4 is 18.0 Å². The van der Waals surface area contributed by atoms with Crippen molar-refractivity contribution < 1.29 is 33.3 Å². The minimum Gasteiger partial charge on any atom is -0.493 e. The van der Waals surface area contributed by atoms with E-state index in [0.717, 1.165) is 12.0 Å². The standard InChI is InChI=1S/C25H28O7/c1-5-7-19-8-11-21(23(16-19)28-3)30-14-6-15-31-25(27)13-10-20-9-12-22(32-18(2)26)24(17-20)29-4/h5,8-13,16-17H,1,6-7,14-15H2,2-4H3/b13-10+. The van der Waals surface area contributed by atoms with Gasteiger partial charge < -0.3 is 23.7 Å². The van der Waals surface area contributed by atoms with Crippen molar-refractivity contribution in [3.8, 4) is 23.0 Å². The van der Waals surface area contributed by atoms with Crippen molar-refractivity contribution in [2.45, 2.75) is 19.8 Å². The lowest BCUT2D eigenvalue weighted by atomic mass is 10.1. The molecule has 0 radical (unpaired) electrons. The summed E-state index contributed by atoms with van der Waals surface area (Å²) < 4.78 is 26.5. The van der Waals surface area contributed by atoms with Gasteiger partial charge in [-0.1, -0.05) is 18.2 Å². The van der Waals surface area contributed by atoms with Gasteiger partial charge in [0.2, 0.25) is 0 Å². The first-order valence-electron chi connectivity index (χ1n) is 10.1. The number of benzene rings is 2. The highest BCUT2D eigenvalue weighted by molar-refractivity contribution is 5.87. The molecule has 32 heavy (non-hydrogen) atoms. The first-order chi connectivity index (χ1) is 15.5. The van der Waals surface area contributed by atoms with Crippen LogP contribution in [0.5, 0.6) is 23.0 Å². The van der Waals surface area contributed by atoms with Gasteiger partial charge in [0, 0.05) is 19.4 Å². The van der Waals surface area contributed by atoms with Crippen LogP contribution in [0.2, 0.25) is 0 Å². The Bertz CT molecular complexity index is 963. The number of allylic oxidation sites excluding steroid dienone is 1. The third kappa shape index (κ3) is 7.83. The van der Waals surface area contributed by atoms with Gasteiger partial charge in [0.15, 0.2) is 23.0 Å². The number of carbonyl (C=O) groups is 2. The highest BCUT2D eigenvalue weighted by Gasteiger charge is 2.08. The fraction of sp³-hybridized carbons (Fsp3) is 0.280. The second-order valence-electron chi connectivity index (χ2n) is 6.68. The van der Waals surface area contributed by atoms with Crippen molar-refractivity contribution in [1.29, 1.82) is 0 Å². The molecule has 0 fully saturated rings. The van der Waals surface area contributed by atoms with E-state index in [-0.39, 0.29) is 6.61 Å². The summed E-state index contributed by atoms with van der Waals surface area (Å²) in [6, 6.07) is 10.7. The second-order valence-corrected chi connectivity index (χ2v) is 6.68. The summed E-state index contributed by atoms with van der Waals surface area (Å²) >= 11 is 0. The monoisotopic (exact) mass is 440 g/mol. The van der Waals surface area contributed by atoms with Crippen LogP contribution >= 0.6 is 0 Å². The van der Waals surface area contributed by atoms with E-state index in [1.807, 2.05) is 24.3 Å². The predicted molar refractivity (Wildman–Crippen MR) is 121 cm³/mol. The Labute approximate surface area is 188 Å². The molecule has 170 valence electrons. The maximum atomic E-state index is 11.9. The Hall–Kier alpha value is -3.74. The van der Waals surface area contributed by atoms with Crippen molar-refractivity contribution in [2.75, 3.05) is 27.4 Å². The average Bonchev–Trinajstić information content (AvgIpc) is 2.78. The number of hydrogen-bond acceptors (Lipinski definition) is 7. The molecule has 2 rings (SSSR count). The fourth-order valence-electron chi connectivity index (χ4n) is 2.78. The first kappa shape index (κ1) is 24.5. The normalized spacial score (nSPS) is 10.5. The van der Waals surface area contributed by atoms with Gasteiger partial charge in [0.25, 0.3) is 0 Å². The number of methoxy groups -OCH3 is 2. The molecule has 0 amide bonds. The molecular formula is C25H28O7. The van der Waals surface area contributed by atoms with Crippen LogP contribution in [0.3, 0.4) is 0 Å². The minimum absolute atomic E-state index is 0.217. The Kier molecular flexibility index (Phi) is 9.84. The summed E-state index contributed by atoms with van der Waals surface area (Å²) in [6.45, 7) is 5.63. The van der Waals surface area contributed by atoms with E-state index in [9.17, 15) is 9.59 Å². The summed E-state index contributed by atoms with van der Waals surface area (Å²) in [5.74, 6) is 1.08. The van der Waals surface area contributed by atoms with Crippen LogP contribution in [0.1, 0.15) is 24.5 Å². The zero-order valence-corrected chi connectivity index (χ0v) is 18.6. The fourth-order valence-corrected chi connectivity index (χ4v) is 2.78. The maximum absolute atomic E-state index is 11.9. The smallest absolute Gasteiger partial charge is 0.330 e. The van der Waals surface area contributed by atoms with Crippen molar-refractivity contribution in [3.63, 3.8) is 0 Å². The van der Waals surface area contributed by atoms with Crippen LogP contribution in [-0.4, -0.2) is 39.4 Å². The highest BCUT2D eigenvalue weighted by atomic mass is 16.6. The van der Waals surface area contributed by atoms with E-state index in [2.05, 4.69) is 6.58 Å². The summed E-state index contributed by atoms with van der Waals surface area (Å²) in [4.78, 5) is 23.0. The zero-order valence-electron chi connectivity index (χ0n) is 18.6. The Balaban J connectivity index is 1.78. The topological polar surface area (TPSA) is 80.3 Å². The van der Waals surface area contributed by atoms with Crippen LogP contribution in [-0.2, 0) is 20.7 Å². The Morgan fingerprint density at radius 2 is 1.66 bits per heavy atom. The summed E-state index contributed by atoms with van der Waals surface area (Å²) in [7, 11) is 3.06. The van der Waals surface area contributed by atoms with Crippen molar-refractivity contribution in [1.82, 2.24) is 0 Å². The molecule has 0 aliphatic heterocycles. The zero-order chi connectivity index (χ0) is 23.3. The quantitative estimate of drug-likeness (QED) is 0.159. The number of rotatable bonds is 12. The Morgan fingerprint density at radius 3 is 2.34 bits per heavy atom. The molecule has 2 aromatic carbocycles. The van der Waals surface area contributed by atoms with E-state index in [4.69, 9.17) is 23.7 Å². The van der Waals surface area contributed by atoms with E-state index in [1.54, 1.807) is 31.4 Å². The van der Waals surface area contributed by atoms with Gasteiger partial charge in [-0.3, -0.25) is 4.79 Å². The largest absolute Gasteiger partial charge is 0.493 e. The molecule has 0 spiro atoms. The number of hydrogen-bond donors (Lipinski definition) is 0. The van der Waals surface area contributed by atoms with Crippen molar-refractivity contribution in [2.24, 2.45) is 0 Å². The van der Waals surface area contributed by atoms with E-state index < -0.39 is 11.9 Å². The molecule has 0 atom stereocenters. The molecule has 0 saturated heterocycles. The van der Waals surface area contributed by atoms with Gasteiger partial charge in [0.05, 0.1) is 27.4 Å². The molecule has 0 unspecified atom stereocenters. The predicted octanol–water partition coefficient (Wildman–Crippen LogP) is 4.38. The molecule has 0 saturated carbocycles. The van der Waals surface area contributed by atoms with Gasteiger partial charge in [-0.2, -0.15) is 0 Å². The maximum Gasteiger partial charge on any atom is 0.330 e. The van der Waals surface area contributed by atoms with E-state index in [0.29, 0.717) is 41.6 Å². The number of esters is 2. The lowest BCUT2D eigenvalue weighted by Crippen LogP contribution is -2.07. The molecule has 2 aromatic rings. The summed E-state index contributed by atoms with van der Waals surface area (Å²) in [5, 5.41) is 0. The molecule has 0 aliphatic carbocycles. The van der Waals surface area contributed by atoms with Gasteiger partial charge in [-0.15, -0.1) is 6.58 Å². The van der Waals surface area contributed by atoms with Gasteiger partial charge in [-0.05, 0) is 47.9 Å². The van der Waals surface area contributed by atoms with Crippen LogP contribution in [0.4, 0.5) is 0 Å². The lowest BCUT2D eigenvalue weighted by Gasteiger charge is -2.12. The molecule has 7 nitrogen and oxygen atoms in total. The van der Waals surface area contributed by atoms with Gasteiger partial charge >= 0.3 is 11.9 Å². The molecule has 7 heteroatoms. The summed E-state index contributed by atoms with van der Waals surface area (Å²) in [6.07, 6.45) is 6.02. The van der Waals surface area contributed by atoms with E-state index in [1.165, 1.54) is 20.1 Å². The second kappa shape index (κ2) is 12.8. The van der Waals surface area contributed by atoms with Crippen LogP contribution in [0, 0.1) is 0 Å². The van der Waals surface area contributed by atoms with Gasteiger partial charge in [-0.25, -0.2) is 4.79 Å². The molecule has 0 N–H and O–H groups in total. The third-order valence-electron chi connectivity index (χ3n) is 4.25. The molecule has 0 heterocycles. The molecule has 0 bridgehead atoms. The van der Waals surface area contributed by atoms with Crippen LogP contribution in [0.15, 0.2) is 55.1 Å².